The lowest BCUT2D eigenvalue weighted by atomic mass is 10.0. The van der Waals surface area contributed by atoms with E-state index in [1.807, 2.05) is 13.8 Å². The molecular weight excluding hydrogens is 355 g/mol. The van der Waals surface area contributed by atoms with Crippen molar-refractivity contribution in [1.29, 1.82) is 0 Å². The van der Waals surface area contributed by atoms with E-state index in [0.717, 1.165) is 11.4 Å². The van der Waals surface area contributed by atoms with E-state index in [4.69, 9.17) is 0 Å². The third kappa shape index (κ3) is 5.59. The van der Waals surface area contributed by atoms with Crippen molar-refractivity contribution in [1.82, 2.24) is 15.5 Å². The zero-order valence-corrected chi connectivity index (χ0v) is 16.1. The van der Waals surface area contributed by atoms with E-state index in [-0.39, 0.29) is 11.8 Å². The standard InChI is InChI=1S/C18H23FN4O2S/c1-10(2)9-14-22-23-18(26-14)21-17(25)15(11(3)4)20-16(24)12-5-7-13(19)8-6-12/h5-8,10-11,15H,9H2,1-4H3,(H,20,24)(H,21,23,25). The van der Waals surface area contributed by atoms with Gasteiger partial charge in [-0.3, -0.25) is 14.9 Å². The van der Waals surface area contributed by atoms with Gasteiger partial charge in [0.05, 0.1) is 0 Å². The number of rotatable bonds is 7. The third-order valence-corrected chi connectivity index (χ3v) is 4.48. The lowest BCUT2D eigenvalue weighted by Gasteiger charge is -2.21. The molecule has 0 fully saturated rings. The summed E-state index contributed by atoms with van der Waals surface area (Å²) in [5.41, 5.74) is 0.292. The van der Waals surface area contributed by atoms with Crippen molar-refractivity contribution >= 4 is 28.3 Å². The molecule has 0 saturated carbocycles. The molecule has 1 heterocycles. The summed E-state index contributed by atoms with van der Waals surface area (Å²) in [5, 5.41) is 14.7. The maximum atomic E-state index is 13.0. The molecule has 0 saturated heterocycles. The number of aromatic nitrogens is 2. The number of halogens is 1. The summed E-state index contributed by atoms with van der Waals surface area (Å²) in [6.45, 7) is 7.83. The van der Waals surface area contributed by atoms with Crippen LogP contribution >= 0.6 is 11.3 Å². The molecule has 0 bridgehead atoms. The zero-order chi connectivity index (χ0) is 19.3. The number of hydrogen-bond acceptors (Lipinski definition) is 5. The van der Waals surface area contributed by atoms with Crippen LogP contribution in [0.1, 0.15) is 43.1 Å². The van der Waals surface area contributed by atoms with E-state index in [0.29, 0.717) is 16.6 Å². The van der Waals surface area contributed by atoms with Crippen molar-refractivity contribution in [3.63, 3.8) is 0 Å². The molecule has 26 heavy (non-hydrogen) atoms. The van der Waals surface area contributed by atoms with E-state index in [9.17, 15) is 14.0 Å². The fourth-order valence-corrected chi connectivity index (χ4v) is 3.23. The summed E-state index contributed by atoms with van der Waals surface area (Å²) in [4.78, 5) is 24.9. The Balaban J connectivity index is 2.03. The number of nitrogens with zero attached hydrogens (tertiary/aromatic N) is 2. The quantitative estimate of drug-likeness (QED) is 0.774. The summed E-state index contributed by atoms with van der Waals surface area (Å²) in [5.74, 6) is -0.903. The lowest BCUT2D eigenvalue weighted by molar-refractivity contribution is -0.118. The molecular formula is C18H23FN4O2S. The summed E-state index contributed by atoms with van der Waals surface area (Å²) >= 11 is 1.33. The minimum absolute atomic E-state index is 0.137. The van der Waals surface area contributed by atoms with E-state index in [2.05, 4.69) is 34.7 Å². The Kier molecular flexibility index (Phi) is 6.79. The Morgan fingerprint density at radius 2 is 1.77 bits per heavy atom. The van der Waals surface area contributed by atoms with Crippen LogP contribution in [0.4, 0.5) is 9.52 Å². The molecule has 2 amide bonds. The van der Waals surface area contributed by atoms with Gasteiger partial charge < -0.3 is 5.32 Å². The van der Waals surface area contributed by atoms with Crippen LogP contribution in [0.25, 0.3) is 0 Å². The van der Waals surface area contributed by atoms with Gasteiger partial charge in [0.15, 0.2) is 0 Å². The monoisotopic (exact) mass is 378 g/mol. The first-order chi connectivity index (χ1) is 12.3. The molecule has 2 rings (SSSR count). The van der Waals surface area contributed by atoms with Gasteiger partial charge in [-0.15, -0.1) is 10.2 Å². The van der Waals surface area contributed by atoms with E-state index in [1.165, 1.54) is 35.6 Å². The van der Waals surface area contributed by atoms with Gasteiger partial charge in [-0.1, -0.05) is 39.0 Å². The molecule has 0 aliphatic carbocycles. The van der Waals surface area contributed by atoms with Crippen molar-refractivity contribution in [3.05, 3.63) is 40.7 Å². The first kappa shape index (κ1) is 20.0. The van der Waals surface area contributed by atoms with Crippen molar-refractivity contribution in [2.45, 2.75) is 40.2 Å². The Morgan fingerprint density at radius 1 is 1.12 bits per heavy atom. The summed E-state index contributed by atoms with van der Waals surface area (Å²) in [6, 6.07) is 4.42. The average Bonchev–Trinajstić information content (AvgIpc) is 2.98. The summed E-state index contributed by atoms with van der Waals surface area (Å²) in [6.07, 6.45) is 0.794. The van der Waals surface area contributed by atoms with Gasteiger partial charge >= 0.3 is 0 Å². The van der Waals surface area contributed by atoms with Crippen molar-refractivity contribution in [2.24, 2.45) is 11.8 Å². The fourth-order valence-electron chi connectivity index (χ4n) is 2.28. The Morgan fingerprint density at radius 3 is 2.35 bits per heavy atom. The van der Waals surface area contributed by atoms with Crippen molar-refractivity contribution < 1.29 is 14.0 Å². The molecule has 0 radical (unpaired) electrons. The number of carbonyl (C=O) groups excluding carboxylic acids is 2. The molecule has 1 aromatic carbocycles. The maximum absolute atomic E-state index is 13.0. The first-order valence-corrected chi connectivity index (χ1v) is 9.27. The highest BCUT2D eigenvalue weighted by atomic mass is 32.1. The first-order valence-electron chi connectivity index (χ1n) is 8.46. The third-order valence-electron chi connectivity index (χ3n) is 3.62. The number of hydrogen-bond donors (Lipinski definition) is 2. The predicted octanol–water partition coefficient (Wildman–Crippen LogP) is 3.27. The molecule has 1 atom stereocenters. The van der Waals surface area contributed by atoms with Gasteiger partial charge in [0, 0.05) is 12.0 Å². The van der Waals surface area contributed by atoms with E-state index < -0.39 is 17.8 Å². The predicted molar refractivity (Wildman–Crippen MR) is 99.6 cm³/mol. The minimum atomic E-state index is -0.745. The Bertz CT molecular complexity index is 759. The van der Waals surface area contributed by atoms with Crippen LogP contribution in [0.5, 0.6) is 0 Å². The van der Waals surface area contributed by atoms with Crippen LogP contribution in [0.2, 0.25) is 0 Å². The Hall–Kier alpha value is -2.35. The Labute approximate surface area is 156 Å². The van der Waals surface area contributed by atoms with Gasteiger partial charge in [-0.2, -0.15) is 0 Å². The summed E-state index contributed by atoms with van der Waals surface area (Å²) in [7, 11) is 0. The normalized spacial score (nSPS) is 12.3. The molecule has 140 valence electrons. The van der Waals surface area contributed by atoms with Gasteiger partial charge in [0.2, 0.25) is 11.0 Å². The molecule has 6 nitrogen and oxygen atoms in total. The molecule has 0 spiro atoms. The average molecular weight is 378 g/mol. The second-order valence-corrected chi connectivity index (χ2v) is 7.85. The lowest BCUT2D eigenvalue weighted by Crippen LogP contribution is -2.47. The summed E-state index contributed by atoms with van der Waals surface area (Å²) < 4.78 is 13.0. The zero-order valence-electron chi connectivity index (χ0n) is 15.2. The smallest absolute Gasteiger partial charge is 0.251 e. The SMILES string of the molecule is CC(C)Cc1nnc(NC(=O)C(NC(=O)c2ccc(F)cc2)C(C)C)s1. The highest BCUT2D eigenvalue weighted by molar-refractivity contribution is 7.15. The van der Waals surface area contributed by atoms with Crippen molar-refractivity contribution in [3.8, 4) is 0 Å². The van der Waals surface area contributed by atoms with Gasteiger partial charge in [-0.25, -0.2) is 4.39 Å². The topological polar surface area (TPSA) is 84.0 Å². The van der Waals surface area contributed by atoms with Crippen LogP contribution in [-0.2, 0) is 11.2 Å². The van der Waals surface area contributed by atoms with E-state index >= 15 is 0 Å². The minimum Gasteiger partial charge on any atom is -0.340 e. The van der Waals surface area contributed by atoms with Crippen molar-refractivity contribution in [2.75, 3.05) is 5.32 Å². The highest BCUT2D eigenvalue weighted by Gasteiger charge is 2.25. The molecule has 0 aliphatic heterocycles. The molecule has 1 unspecified atom stereocenters. The number of nitrogens with one attached hydrogen (secondary N) is 2. The second kappa shape index (κ2) is 8.84. The van der Waals surface area contributed by atoms with Crippen LogP contribution in [0.15, 0.2) is 24.3 Å². The molecule has 2 N–H and O–H groups in total. The molecule has 2 aromatic rings. The number of carbonyl (C=O) groups is 2. The molecule has 1 aromatic heterocycles. The van der Waals surface area contributed by atoms with Gasteiger partial charge in [0.1, 0.15) is 16.9 Å². The maximum Gasteiger partial charge on any atom is 0.251 e. The van der Waals surface area contributed by atoms with Gasteiger partial charge in [-0.05, 0) is 36.1 Å². The van der Waals surface area contributed by atoms with Crippen LogP contribution < -0.4 is 10.6 Å². The molecule has 0 aliphatic rings. The van der Waals surface area contributed by atoms with Gasteiger partial charge in [0.25, 0.3) is 5.91 Å². The largest absolute Gasteiger partial charge is 0.340 e. The fraction of sp³-hybridized carbons (Fsp3) is 0.444. The van der Waals surface area contributed by atoms with Crippen LogP contribution in [-0.4, -0.2) is 28.1 Å². The molecule has 8 heteroatoms. The van der Waals surface area contributed by atoms with E-state index in [1.54, 1.807) is 0 Å². The number of amides is 2. The van der Waals surface area contributed by atoms with Crippen LogP contribution in [0, 0.1) is 17.7 Å². The number of benzene rings is 1. The highest BCUT2D eigenvalue weighted by Crippen LogP contribution is 2.19. The van der Waals surface area contributed by atoms with Crippen LogP contribution in [0.3, 0.4) is 0 Å². The number of anilines is 1. The second-order valence-electron chi connectivity index (χ2n) is 6.79.